The quantitative estimate of drug-likeness (QED) is 0.665. The Hall–Kier alpha value is -0.370. The summed E-state index contributed by atoms with van der Waals surface area (Å²) in [6, 6.07) is 0.486. The summed E-state index contributed by atoms with van der Waals surface area (Å²) in [5, 5.41) is 0. The fourth-order valence-electron chi connectivity index (χ4n) is 2.41. The van der Waals surface area contributed by atoms with Crippen LogP contribution in [0, 0.1) is 5.92 Å². The predicted octanol–water partition coefficient (Wildman–Crippen LogP) is 2.09. The molecule has 76 valence electrons. The molecular formula is C11H21NO. The SMILES string of the molecule is CC(=O)CC(C1CCCC1)N(C)C. The van der Waals surface area contributed by atoms with Crippen molar-refractivity contribution >= 4 is 5.78 Å². The minimum atomic E-state index is 0.325. The normalized spacial score (nSPS) is 20.9. The van der Waals surface area contributed by atoms with Gasteiger partial charge >= 0.3 is 0 Å². The summed E-state index contributed by atoms with van der Waals surface area (Å²) in [6.07, 6.45) is 6.07. The number of Topliss-reactive ketones (excluding diaryl/α,β-unsaturated/α-hetero) is 1. The van der Waals surface area contributed by atoms with E-state index in [4.69, 9.17) is 0 Å². The van der Waals surface area contributed by atoms with Crippen LogP contribution in [0.2, 0.25) is 0 Å². The number of carbonyl (C=O) groups excluding carboxylic acids is 1. The molecule has 0 aromatic heterocycles. The molecule has 1 fully saturated rings. The Labute approximate surface area is 81.3 Å². The summed E-state index contributed by atoms with van der Waals surface area (Å²) < 4.78 is 0. The summed E-state index contributed by atoms with van der Waals surface area (Å²) in [5.74, 6) is 1.09. The molecule has 13 heavy (non-hydrogen) atoms. The number of carbonyl (C=O) groups is 1. The highest BCUT2D eigenvalue weighted by molar-refractivity contribution is 5.76. The molecule has 1 rings (SSSR count). The zero-order valence-corrected chi connectivity index (χ0v) is 9.05. The van der Waals surface area contributed by atoms with Gasteiger partial charge in [0.05, 0.1) is 0 Å². The van der Waals surface area contributed by atoms with Crippen molar-refractivity contribution in [3.05, 3.63) is 0 Å². The second-order valence-electron chi connectivity index (χ2n) is 4.48. The van der Waals surface area contributed by atoms with E-state index in [1.165, 1.54) is 25.7 Å². The number of hydrogen-bond acceptors (Lipinski definition) is 2. The summed E-state index contributed by atoms with van der Waals surface area (Å²) in [7, 11) is 4.18. The molecule has 0 radical (unpaired) electrons. The van der Waals surface area contributed by atoms with Crippen molar-refractivity contribution in [2.75, 3.05) is 14.1 Å². The summed E-state index contributed by atoms with van der Waals surface area (Å²) in [5.41, 5.74) is 0. The Balaban J connectivity index is 2.50. The topological polar surface area (TPSA) is 20.3 Å². The average molecular weight is 183 g/mol. The van der Waals surface area contributed by atoms with Crippen LogP contribution in [0.1, 0.15) is 39.0 Å². The monoisotopic (exact) mass is 183 g/mol. The van der Waals surface area contributed by atoms with E-state index in [0.717, 1.165) is 12.3 Å². The Morgan fingerprint density at radius 2 is 1.92 bits per heavy atom. The largest absolute Gasteiger partial charge is 0.306 e. The highest BCUT2D eigenvalue weighted by Gasteiger charge is 2.27. The van der Waals surface area contributed by atoms with Crippen LogP contribution in [0.15, 0.2) is 0 Å². The third-order valence-electron chi connectivity index (χ3n) is 3.10. The van der Waals surface area contributed by atoms with E-state index in [1.54, 1.807) is 6.92 Å². The summed E-state index contributed by atoms with van der Waals surface area (Å²) >= 11 is 0. The molecule has 1 atom stereocenters. The second kappa shape index (κ2) is 4.75. The lowest BCUT2D eigenvalue weighted by molar-refractivity contribution is -0.118. The van der Waals surface area contributed by atoms with Crippen LogP contribution in [-0.4, -0.2) is 30.8 Å². The van der Waals surface area contributed by atoms with E-state index in [-0.39, 0.29) is 0 Å². The fourth-order valence-corrected chi connectivity index (χ4v) is 2.41. The highest BCUT2D eigenvalue weighted by atomic mass is 16.1. The first-order valence-electron chi connectivity index (χ1n) is 5.27. The highest BCUT2D eigenvalue weighted by Crippen LogP contribution is 2.30. The molecule has 1 unspecified atom stereocenters. The molecule has 1 saturated carbocycles. The Morgan fingerprint density at radius 3 is 2.31 bits per heavy atom. The van der Waals surface area contributed by atoms with Gasteiger partial charge in [-0.05, 0) is 39.8 Å². The zero-order chi connectivity index (χ0) is 9.84. The predicted molar refractivity (Wildman–Crippen MR) is 54.7 cm³/mol. The van der Waals surface area contributed by atoms with E-state index < -0.39 is 0 Å². The minimum absolute atomic E-state index is 0.325. The Bertz CT molecular complexity index is 171. The van der Waals surface area contributed by atoms with E-state index in [2.05, 4.69) is 19.0 Å². The lowest BCUT2D eigenvalue weighted by atomic mass is 9.93. The van der Waals surface area contributed by atoms with Crippen LogP contribution in [0.5, 0.6) is 0 Å². The molecule has 1 aliphatic carbocycles. The fraction of sp³-hybridized carbons (Fsp3) is 0.909. The molecule has 0 saturated heterocycles. The van der Waals surface area contributed by atoms with Gasteiger partial charge in [0.25, 0.3) is 0 Å². The van der Waals surface area contributed by atoms with Crippen molar-refractivity contribution in [2.24, 2.45) is 5.92 Å². The van der Waals surface area contributed by atoms with Gasteiger partial charge in [0, 0.05) is 12.5 Å². The molecule has 0 heterocycles. The van der Waals surface area contributed by atoms with Crippen molar-refractivity contribution in [2.45, 2.75) is 45.1 Å². The van der Waals surface area contributed by atoms with Crippen molar-refractivity contribution < 1.29 is 4.79 Å². The van der Waals surface area contributed by atoms with Gasteiger partial charge in [-0.15, -0.1) is 0 Å². The van der Waals surface area contributed by atoms with Gasteiger partial charge < -0.3 is 4.90 Å². The second-order valence-corrected chi connectivity index (χ2v) is 4.48. The van der Waals surface area contributed by atoms with E-state index in [1.807, 2.05) is 0 Å². The van der Waals surface area contributed by atoms with Crippen molar-refractivity contribution in [1.82, 2.24) is 4.90 Å². The smallest absolute Gasteiger partial charge is 0.131 e. The number of rotatable bonds is 4. The maximum absolute atomic E-state index is 11.1. The number of hydrogen-bond donors (Lipinski definition) is 0. The summed E-state index contributed by atoms with van der Waals surface area (Å²) in [4.78, 5) is 13.3. The van der Waals surface area contributed by atoms with Crippen LogP contribution >= 0.6 is 0 Å². The maximum atomic E-state index is 11.1. The average Bonchev–Trinajstić information content (AvgIpc) is 2.50. The van der Waals surface area contributed by atoms with Gasteiger partial charge in [-0.2, -0.15) is 0 Å². The summed E-state index contributed by atoms with van der Waals surface area (Å²) in [6.45, 7) is 1.70. The molecule has 1 aliphatic rings. The van der Waals surface area contributed by atoms with Crippen LogP contribution in [0.4, 0.5) is 0 Å². The van der Waals surface area contributed by atoms with E-state index in [0.29, 0.717) is 11.8 Å². The number of ketones is 1. The molecule has 2 nitrogen and oxygen atoms in total. The van der Waals surface area contributed by atoms with Gasteiger partial charge in [0.1, 0.15) is 5.78 Å². The maximum Gasteiger partial charge on any atom is 0.131 e. The minimum Gasteiger partial charge on any atom is -0.306 e. The zero-order valence-electron chi connectivity index (χ0n) is 9.05. The van der Waals surface area contributed by atoms with Crippen molar-refractivity contribution in [3.63, 3.8) is 0 Å². The lowest BCUT2D eigenvalue weighted by Gasteiger charge is -2.28. The van der Waals surface area contributed by atoms with E-state index >= 15 is 0 Å². The third kappa shape index (κ3) is 3.11. The Morgan fingerprint density at radius 1 is 1.38 bits per heavy atom. The van der Waals surface area contributed by atoms with Crippen molar-refractivity contribution in [1.29, 1.82) is 0 Å². The standard InChI is InChI=1S/C11H21NO/c1-9(13)8-11(12(2)3)10-6-4-5-7-10/h10-11H,4-8H2,1-3H3. The molecular weight excluding hydrogens is 162 g/mol. The molecule has 2 heteroatoms. The van der Waals surface area contributed by atoms with Crippen LogP contribution in [0.25, 0.3) is 0 Å². The van der Waals surface area contributed by atoms with Gasteiger partial charge in [-0.3, -0.25) is 4.79 Å². The van der Waals surface area contributed by atoms with Gasteiger partial charge in [0.2, 0.25) is 0 Å². The van der Waals surface area contributed by atoms with Crippen LogP contribution < -0.4 is 0 Å². The van der Waals surface area contributed by atoms with Gasteiger partial charge in [-0.1, -0.05) is 12.8 Å². The van der Waals surface area contributed by atoms with Gasteiger partial charge in [-0.25, -0.2) is 0 Å². The molecule has 0 aliphatic heterocycles. The first-order chi connectivity index (χ1) is 6.11. The number of nitrogens with zero attached hydrogens (tertiary/aromatic N) is 1. The first-order valence-corrected chi connectivity index (χ1v) is 5.27. The van der Waals surface area contributed by atoms with Crippen LogP contribution in [0.3, 0.4) is 0 Å². The molecule has 0 aromatic carbocycles. The molecule has 0 N–H and O–H groups in total. The van der Waals surface area contributed by atoms with Crippen LogP contribution in [-0.2, 0) is 4.79 Å². The molecule has 0 spiro atoms. The third-order valence-corrected chi connectivity index (χ3v) is 3.10. The Kier molecular flexibility index (Phi) is 3.91. The molecule has 0 aromatic rings. The van der Waals surface area contributed by atoms with Gasteiger partial charge in [0.15, 0.2) is 0 Å². The molecule has 0 bridgehead atoms. The van der Waals surface area contributed by atoms with E-state index in [9.17, 15) is 4.79 Å². The molecule has 0 amide bonds. The lowest BCUT2D eigenvalue weighted by Crippen LogP contribution is -2.35. The van der Waals surface area contributed by atoms with Crippen molar-refractivity contribution in [3.8, 4) is 0 Å². The first kappa shape index (κ1) is 10.7.